The topological polar surface area (TPSA) is 36.4 Å². The second-order valence-corrected chi connectivity index (χ2v) is 4.55. The van der Waals surface area contributed by atoms with Crippen molar-refractivity contribution >= 4 is 17.6 Å². The Morgan fingerprint density at radius 3 is 3.06 bits per heavy atom. The van der Waals surface area contributed by atoms with E-state index in [4.69, 9.17) is 11.6 Å². The van der Waals surface area contributed by atoms with Crippen LogP contribution in [0.2, 0.25) is 5.02 Å². The van der Waals surface area contributed by atoms with Gasteiger partial charge in [-0.3, -0.25) is 4.99 Å². The van der Waals surface area contributed by atoms with Gasteiger partial charge in [0.15, 0.2) is 5.96 Å². The predicted molar refractivity (Wildman–Crippen MR) is 68.0 cm³/mol. The molecule has 1 aliphatic heterocycles. The molecule has 1 aliphatic rings. The third-order valence-electron chi connectivity index (χ3n) is 2.61. The lowest BCUT2D eigenvalue weighted by molar-refractivity contribution is 0.627. The Labute approximate surface area is 105 Å². The zero-order chi connectivity index (χ0) is 12.3. The molecule has 17 heavy (non-hydrogen) atoms. The van der Waals surface area contributed by atoms with Gasteiger partial charge in [-0.25, -0.2) is 4.39 Å². The van der Waals surface area contributed by atoms with E-state index in [0.29, 0.717) is 11.1 Å². The van der Waals surface area contributed by atoms with Gasteiger partial charge in [-0.15, -0.1) is 0 Å². The first kappa shape index (κ1) is 12.2. The summed E-state index contributed by atoms with van der Waals surface area (Å²) < 4.78 is 12.8. The average Bonchev–Trinajstić information content (AvgIpc) is 2.68. The molecule has 1 unspecified atom stereocenters. The third-order valence-corrected chi connectivity index (χ3v) is 2.96. The van der Waals surface area contributed by atoms with E-state index in [9.17, 15) is 4.39 Å². The Morgan fingerprint density at radius 2 is 2.41 bits per heavy atom. The molecule has 0 spiro atoms. The Morgan fingerprint density at radius 1 is 1.59 bits per heavy atom. The number of halogens is 2. The van der Waals surface area contributed by atoms with Crippen molar-refractivity contribution in [1.29, 1.82) is 0 Å². The maximum absolute atomic E-state index is 12.8. The molecule has 0 bridgehead atoms. The van der Waals surface area contributed by atoms with E-state index in [1.165, 1.54) is 12.1 Å². The first-order valence-electron chi connectivity index (χ1n) is 5.64. The summed E-state index contributed by atoms with van der Waals surface area (Å²) in [6.45, 7) is 3.61. The van der Waals surface area contributed by atoms with Gasteiger partial charge in [-0.2, -0.15) is 0 Å². The van der Waals surface area contributed by atoms with Gasteiger partial charge in [-0.05, 0) is 31.0 Å². The van der Waals surface area contributed by atoms with Gasteiger partial charge in [0, 0.05) is 17.6 Å². The van der Waals surface area contributed by atoms with Crippen molar-refractivity contribution in [3.05, 3.63) is 34.6 Å². The fraction of sp³-hybridized carbons (Fsp3) is 0.417. The molecule has 1 atom stereocenters. The summed E-state index contributed by atoms with van der Waals surface area (Å²) in [5.41, 5.74) is 0.937. The maximum atomic E-state index is 12.8. The molecule has 0 radical (unpaired) electrons. The van der Waals surface area contributed by atoms with E-state index in [-0.39, 0.29) is 5.82 Å². The molecule has 2 rings (SSSR count). The quantitative estimate of drug-likeness (QED) is 0.866. The molecule has 3 nitrogen and oxygen atoms in total. The number of hydrogen-bond acceptors (Lipinski definition) is 3. The normalized spacial score (nSPS) is 18.8. The monoisotopic (exact) mass is 255 g/mol. The summed E-state index contributed by atoms with van der Waals surface area (Å²) in [7, 11) is 0. The second-order valence-electron chi connectivity index (χ2n) is 4.15. The van der Waals surface area contributed by atoms with Crippen LogP contribution in [0.5, 0.6) is 0 Å². The zero-order valence-electron chi connectivity index (χ0n) is 9.63. The van der Waals surface area contributed by atoms with Crippen LogP contribution in [0, 0.1) is 5.82 Å². The van der Waals surface area contributed by atoms with Gasteiger partial charge >= 0.3 is 0 Å². The fourth-order valence-corrected chi connectivity index (χ4v) is 1.96. The number of nitrogens with zero attached hydrogens (tertiary/aromatic N) is 1. The summed E-state index contributed by atoms with van der Waals surface area (Å²) >= 11 is 5.93. The molecule has 0 amide bonds. The van der Waals surface area contributed by atoms with Crippen molar-refractivity contribution < 1.29 is 4.39 Å². The smallest absolute Gasteiger partial charge is 0.191 e. The first-order valence-corrected chi connectivity index (χ1v) is 6.02. The van der Waals surface area contributed by atoms with Crippen LogP contribution in [0.3, 0.4) is 0 Å². The van der Waals surface area contributed by atoms with Gasteiger partial charge in [0.1, 0.15) is 5.82 Å². The SMILES string of the molecule is CC1CN=C(NCCc2ccc(F)cc2Cl)N1. The molecule has 0 aliphatic carbocycles. The number of nitrogens with one attached hydrogen (secondary N) is 2. The minimum atomic E-state index is -0.303. The van der Waals surface area contributed by atoms with Crippen LogP contribution in [0.1, 0.15) is 12.5 Å². The Kier molecular flexibility index (Phi) is 3.84. The van der Waals surface area contributed by atoms with Crippen molar-refractivity contribution in [1.82, 2.24) is 10.6 Å². The lowest BCUT2D eigenvalue weighted by Gasteiger charge is -2.09. The minimum absolute atomic E-state index is 0.303. The van der Waals surface area contributed by atoms with Crippen LogP contribution >= 0.6 is 11.6 Å². The zero-order valence-corrected chi connectivity index (χ0v) is 10.4. The molecule has 5 heteroatoms. The van der Waals surface area contributed by atoms with Gasteiger partial charge in [0.25, 0.3) is 0 Å². The second kappa shape index (κ2) is 5.36. The van der Waals surface area contributed by atoms with Gasteiger partial charge in [0.2, 0.25) is 0 Å². The third kappa shape index (κ3) is 3.33. The number of hydrogen-bond donors (Lipinski definition) is 2. The van der Waals surface area contributed by atoms with Crippen molar-refractivity contribution in [2.45, 2.75) is 19.4 Å². The molecule has 1 heterocycles. The fourth-order valence-electron chi connectivity index (χ4n) is 1.70. The van der Waals surface area contributed by atoms with Crippen molar-refractivity contribution in [3.63, 3.8) is 0 Å². The van der Waals surface area contributed by atoms with E-state index in [1.54, 1.807) is 6.07 Å². The highest BCUT2D eigenvalue weighted by Crippen LogP contribution is 2.17. The van der Waals surface area contributed by atoms with Gasteiger partial charge in [-0.1, -0.05) is 17.7 Å². The van der Waals surface area contributed by atoms with Gasteiger partial charge < -0.3 is 10.6 Å². The molecule has 0 fully saturated rings. The Balaban J connectivity index is 1.82. The van der Waals surface area contributed by atoms with Crippen molar-refractivity contribution in [2.75, 3.05) is 13.1 Å². The number of guanidine groups is 1. The standard InChI is InChI=1S/C12H15ClFN3/c1-8-7-16-12(17-8)15-5-4-9-2-3-10(14)6-11(9)13/h2-3,6,8H,4-5,7H2,1H3,(H2,15,16,17). The molecule has 1 aromatic carbocycles. The van der Waals surface area contributed by atoms with E-state index < -0.39 is 0 Å². The highest BCUT2D eigenvalue weighted by molar-refractivity contribution is 6.31. The van der Waals surface area contributed by atoms with Crippen LogP contribution in [0.25, 0.3) is 0 Å². The maximum Gasteiger partial charge on any atom is 0.191 e. The molecule has 2 N–H and O–H groups in total. The van der Waals surface area contributed by atoms with Gasteiger partial charge in [0.05, 0.1) is 6.54 Å². The highest BCUT2D eigenvalue weighted by Gasteiger charge is 2.11. The van der Waals surface area contributed by atoms with E-state index in [1.807, 2.05) is 0 Å². The summed E-state index contributed by atoms with van der Waals surface area (Å²) in [4.78, 5) is 4.29. The highest BCUT2D eigenvalue weighted by atomic mass is 35.5. The number of benzene rings is 1. The molecule has 0 aromatic heterocycles. The van der Waals surface area contributed by atoms with Crippen LogP contribution in [0.15, 0.2) is 23.2 Å². The lowest BCUT2D eigenvalue weighted by atomic mass is 10.1. The van der Waals surface area contributed by atoms with Crippen LogP contribution in [-0.4, -0.2) is 25.1 Å². The minimum Gasteiger partial charge on any atom is -0.356 e. The predicted octanol–water partition coefficient (Wildman–Crippen LogP) is 1.96. The molecule has 0 saturated carbocycles. The average molecular weight is 256 g/mol. The van der Waals surface area contributed by atoms with E-state index in [2.05, 4.69) is 22.5 Å². The van der Waals surface area contributed by atoms with Crippen LogP contribution < -0.4 is 10.6 Å². The summed E-state index contributed by atoms with van der Waals surface area (Å²) in [6, 6.07) is 4.87. The molecule has 0 saturated heterocycles. The van der Waals surface area contributed by atoms with E-state index in [0.717, 1.165) is 31.0 Å². The van der Waals surface area contributed by atoms with Crippen LogP contribution in [-0.2, 0) is 6.42 Å². The number of aliphatic imine (C=N–C) groups is 1. The molecular weight excluding hydrogens is 241 g/mol. The van der Waals surface area contributed by atoms with Crippen molar-refractivity contribution in [3.8, 4) is 0 Å². The Bertz CT molecular complexity index is 434. The Hall–Kier alpha value is -1.29. The molecule has 1 aromatic rings. The van der Waals surface area contributed by atoms with Crippen molar-refractivity contribution in [2.24, 2.45) is 4.99 Å². The largest absolute Gasteiger partial charge is 0.356 e. The lowest BCUT2D eigenvalue weighted by Crippen LogP contribution is -2.38. The summed E-state index contributed by atoms with van der Waals surface area (Å²) in [5.74, 6) is 0.526. The summed E-state index contributed by atoms with van der Waals surface area (Å²) in [5, 5.41) is 6.87. The summed E-state index contributed by atoms with van der Waals surface area (Å²) in [6.07, 6.45) is 0.744. The van der Waals surface area contributed by atoms with E-state index >= 15 is 0 Å². The van der Waals surface area contributed by atoms with Crippen LogP contribution in [0.4, 0.5) is 4.39 Å². The first-order chi connectivity index (χ1) is 8.15. The molecular formula is C12H15ClFN3. The number of rotatable bonds is 3. The molecule has 92 valence electrons.